The molecule has 0 aliphatic carbocycles. The van der Waals surface area contributed by atoms with Gasteiger partial charge in [0.05, 0.1) is 11.7 Å². The lowest BCUT2D eigenvalue weighted by molar-refractivity contribution is -0.122. The molecule has 7 heteroatoms. The quantitative estimate of drug-likeness (QED) is 0.532. The van der Waals surface area contributed by atoms with Crippen LogP contribution in [-0.4, -0.2) is 29.5 Å². The van der Waals surface area contributed by atoms with Crippen molar-refractivity contribution in [2.24, 2.45) is 5.73 Å². The third kappa shape index (κ3) is 6.38. The van der Waals surface area contributed by atoms with E-state index in [2.05, 4.69) is 10.6 Å². The summed E-state index contributed by atoms with van der Waals surface area (Å²) in [6.45, 7) is 0.485. The van der Waals surface area contributed by atoms with Crippen LogP contribution in [0, 0.1) is 0 Å². The van der Waals surface area contributed by atoms with E-state index in [4.69, 9.17) is 17.3 Å². The Balaban J connectivity index is 1.71. The summed E-state index contributed by atoms with van der Waals surface area (Å²) in [5.74, 6) is -0.722. The van der Waals surface area contributed by atoms with Crippen molar-refractivity contribution in [3.8, 4) is 5.75 Å². The Morgan fingerprint density at radius 3 is 2.62 bits per heavy atom. The Hall–Kier alpha value is -2.57. The molecule has 6 nitrogen and oxygen atoms in total. The zero-order chi connectivity index (χ0) is 18.9. The lowest BCUT2D eigenvalue weighted by Crippen LogP contribution is -2.41. The fraction of sp³-hybridized carbons (Fsp3) is 0.263. The van der Waals surface area contributed by atoms with Gasteiger partial charge in [-0.05, 0) is 36.6 Å². The van der Waals surface area contributed by atoms with E-state index in [0.717, 1.165) is 5.56 Å². The number of benzene rings is 2. The van der Waals surface area contributed by atoms with Crippen molar-refractivity contribution in [3.63, 3.8) is 0 Å². The SMILES string of the molecule is N[C@@H](CCC(=O)Nc1cc(Cl)ccc1O)C(=O)NCCc1ccccc1. The molecule has 2 aromatic carbocycles. The summed E-state index contributed by atoms with van der Waals surface area (Å²) in [6.07, 6.45) is 0.970. The van der Waals surface area contributed by atoms with Crippen molar-refractivity contribution in [1.82, 2.24) is 5.32 Å². The summed E-state index contributed by atoms with van der Waals surface area (Å²) in [7, 11) is 0. The van der Waals surface area contributed by atoms with Gasteiger partial charge in [0, 0.05) is 18.0 Å². The largest absolute Gasteiger partial charge is 0.506 e. The number of nitrogens with two attached hydrogens (primary N) is 1. The van der Waals surface area contributed by atoms with Crippen LogP contribution < -0.4 is 16.4 Å². The number of rotatable bonds is 8. The Kier molecular flexibility index (Phi) is 7.44. The van der Waals surface area contributed by atoms with Crippen LogP contribution in [-0.2, 0) is 16.0 Å². The molecule has 0 heterocycles. The Labute approximate surface area is 157 Å². The number of phenols is 1. The molecule has 0 saturated carbocycles. The van der Waals surface area contributed by atoms with Crippen LogP contribution in [0.25, 0.3) is 0 Å². The van der Waals surface area contributed by atoms with Crippen LogP contribution in [0.5, 0.6) is 5.75 Å². The third-order valence-corrected chi connectivity index (χ3v) is 4.04. The molecule has 0 fully saturated rings. The van der Waals surface area contributed by atoms with Crippen LogP contribution in [0.1, 0.15) is 18.4 Å². The summed E-state index contributed by atoms with van der Waals surface area (Å²) >= 11 is 5.83. The van der Waals surface area contributed by atoms with E-state index in [9.17, 15) is 14.7 Å². The molecule has 5 N–H and O–H groups in total. The van der Waals surface area contributed by atoms with Gasteiger partial charge in [0.25, 0.3) is 0 Å². The van der Waals surface area contributed by atoms with Crippen molar-refractivity contribution >= 4 is 29.1 Å². The van der Waals surface area contributed by atoms with E-state index in [-0.39, 0.29) is 36.1 Å². The minimum absolute atomic E-state index is 0.0548. The van der Waals surface area contributed by atoms with Gasteiger partial charge >= 0.3 is 0 Å². The van der Waals surface area contributed by atoms with Crippen molar-refractivity contribution in [2.45, 2.75) is 25.3 Å². The number of carbonyl (C=O) groups excluding carboxylic acids is 2. The predicted molar refractivity (Wildman–Crippen MR) is 102 cm³/mol. The Morgan fingerprint density at radius 2 is 1.88 bits per heavy atom. The molecule has 2 amide bonds. The maximum Gasteiger partial charge on any atom is 0.236 e. The van der Waals surface area contributed by atoms with Gasteiger partial charge in [0.1, 0.15) is 5.75 Å². The topological polar surface area (TPSA) is 104 Å². The second-order valence-corrected chi connectivity index (χ2v) is 6.32. The van der Waals surface area contributed by atoms with Gasteiger partial charge in [0.2, 0.25) is 11.8 Å². The highest BCUT2D eigenvalue weighted by molar-refractivity contribution is 6.31. The summed E-state index contributed by atoms with van der Waals surface area (Å²) in [5.41, 5.74) is 7.18. The molecule has 0 aliphatic heterocycles. The average Bonchev–Trinajstić information content (AvgIpc) is 2.63. The standard InChI is InChI=1S/C19H22ClN3O3/c20-14-6-8-17(24)16(12-14)23-18(25)9-7-15(21)19(26)22-11-10-13-4-2-1-3-5-13/h1-6,8,12,15,24H,7,9-11,21H2,(H,22,26)(H,23,25)/t15-/m0/s1. The van der Waals surface area contributed by atoms with Gasteiger partial charge in [0.15, 0.2) is 0 Å². The number of phenolic OH excluding ortho intramolecular Hbond substituents is 1. The first-order valence-electron chi connectivity index (χ1n) is 8.31. The van der Waals surface area contributed by atoms with Gasteiger partial charge in [-0.3, -0.25) is 9.59 Å². The number of nitrogens with one attached hydrogen (secondary N) is 2. The lowest BCUT2D eigenvalue weighted by Gasteiger charge is -2.13. The van der Waals surface area contributed by atoms with E-state index in [1.807, 2.05) is 30.3 Å². The zero-order valence-electron chi connectivity index (χ0n) is 14.2. The van der Waals surface area contributed by atoms with Crippen molar-refractivity contribution in [2.75, 3.05) is 11.9 Å². The summed E-state index contributed by atoms with van der Waals surface area (Å²) in [5, 5.41) is 15.4. The van der Waals surface area contributed by atoms with Crippen molar-refractivity contribution < 1.29 is 14.7 Å². The van der Waals surface area contributed by atoms with Crippen LogP contribution in [0.2, 0.25) is 5.02 Å². The molecule has 2 rings (SSSR count). The van der Waals surface area contributed by atoms with Gasteiger partial charge in [-0.2, -0.15) is 0 Å². The van der Waals surface area contributed by atoms with Gasteiger partial charge < -0.3 is 21.5 Å². The highest BCUT2D eigenvalue weighted by atomic mass is 35.5. The molecule has 2 aromatic rings. The molecular weight excluding hydrogens is 354 g/mol. The van der Waals surface area contributed by atoms with Crippen molar-refractivity contribution in [3.05, 3.63) is 59.1 Å². The monoisotopic (exact) mass is 375 g/mol. The van der Waals surface area contributed by atoms with E-state index in [1.165, 1.54) is 18.2 Å². The number of aromatic hydroxyl groups is 1. The number of anilines is 1. The lowest BCUT2D eigenvalue weighted by atomic mass is 10.1. The molecule has 0 radical (unpaired) electrons. The normalized spacial score (nSPS) is 11.6. The van der Waals surface area contributed by atoms with E-state index in [0.29, 0.717) is 18.0 Å². The first-order chi connectivity index (χ1) is 12.5. The molecule has 0 unspecified atom stereocenters. The van der Waals surface area contributed by atoms with Crippen molar-refractivity contribution in [1.29, 1.82) is 0 Å². The summed E-state index contributed by atoms with van der Waals surface area (Å²) < 4.78 is 0. The first kappa shape index (κ1) is 19.8. The minimum Gasteiger partial charge on any atom is -0.506 e. The molecule has 0 bridgehead atoms. The number of halogens is 1. The average molecular weight is 376 g/mol. The van der Waals surface area contributed by atoms with Crippen LogP contribution in [0.3, 0.4) is 0 Å². The molecule has 0 spiro atoms. The second-order valence-electron chi connectivity index (χ2n) is 5.88. The highest BCUT2D eigenvalue weighted by Gasteiger charge is 2.15. The highest BCUT2D eigenvalue weighted by Crippen LogP contribution is 2.26. The molecule has 1 atom stereocenters. The Bertz CT molecular complexity index is 753. The minimum atomic E-state index is -0.774. The molecule has 0 aromatic heterocycles. The Morgan fingerprint density at radius 1 is 1.15 bits per heavy atom. The fourth-order valence-corrected chi connectivity index (χ4v) is 2.52. The van der Waals surface area contributed by atoms with Crippen LogP contribution >= 0.6 is 11.6 Å². The number of hydrogen-bond donors (Lipinski definition) is 4. The first-order valence-corrected chi connectivity index (χ1v) is 8.69. The second kappa shape index (κ2) is 9.79. The van der Waals surface area contributed by atoms with Gasteiger partial charge in [-0.25, -0.2) is 0 Å². The number of carbonyl (C=O) groups is 2. The number of amides is 2. The van der Waals surface area contributed by atoms with E-state index in [1.54, 1.807) is 0 Å². The summed E-state index contributed by atoms with van der Waals surface area (Å²) in [6, 6.07) is 13.4. The maximum absolute atomic E-state index is 12.0. The van der Waals surface area contributed by atoms with Crippen LogP contribution in [0.4, 0.5) is 5.69 Å². The fourth-order valence-electron chi connectivity index (χ4n) is 2.34. The van der Waals surface area contributed by atoms with E-state index >= 15 is 0 Å². The third-order valence-electron chi connectivity index (χ3n) is 3.81. The van der Waals surface area contributed by atoms with Crippen LogP contribution in [0.15, 0.2) is 48.5 Å². The molecule has 138 valence electrons. The summed E-state index contributed by atoms with van der Waals surface area (Å²) in [4.78, 5) is 23.9. The zero-order valence-corrected chi connectivity index (χ0v) is 15.0. The molecule has 0 aliphatic rings. The molecule has 0 saturated heterocycles. The van der Waals surface area contributed by atoms with Gasteiger partial charge in [-0.1, -0.05) is 41.9 Å². The molecular formula is C19H22ClN3O3. The molecule has 26 heavy (non-hydrogen) atoms. The van der Waals surface area contributed by atoms with E-state index < -0.39 is 6.04 Å². The smallest absolute Gasteiger partial charge is 0.236 e. The number of hydrogen-bond acceptors (Lipinski definition) is 4. The van der Waals surface area contributed by atoms with Gasteiger partial charge in [-0.15, -0.1) is 0 Å². The predicted octanol–water partition coefficient (Wildman–Crippen LogP) is 2.45. The maximum atomic E-state index is 12.0.